The molecule has 0 saturated carbocycles. The van der Waals surface area contributed by atoms with Crippen molar-refractivity contribution in [1.29, 1.82) is 0 Å². The topological polar surface area (TPSA) is 37.4 Å². The van der Waals surface area contributed by atoms with Crippen molar-refractivity contribution in [2.75, 3.05) is 24.6 Å². The molecule has 1 unspecified atom stereocenters. The van der Waals surface area contributed by atoms with Crippen LogP contribution in [0.4, 0.5) is 0 Å². The second-order valence-electron chi connectivity index (χ2n) is 7.81. The number of benzene rings is 3. The monoisotopic (exact) mass is 459 g/mol. The maximum absolute atomic E-state index is 13.1. The van der Waals surface area contributed by atoms with Crippen LogP contribution < -0.4 is 0 Å². The van der Waals surface area contributed by atoms with Crippen LogP contribution in [-0.4, -0.2) is 44.0 Å². The molecule has 0 aliphatic carbocycles. The van der Waals surface area contributed by atoms with Crippen LogP contribution in [-0.2, 0) is 9.84 Å². The minimum Gasteiger partial charge on any atom is -0.299 e. The van der Waals surface area contributed by atoms with E-state index in [9.17, 15) is 8.42 Å². The highest BCUT2D eigenvalue weighted by molar-refractivity contribution is 7.99. The van der Waals surface area contributed by atoms with Crippen LogP contribution in [0.25, 0.3) is 10.8 Å². The van der Waals surface area contributed by atoms with E-state index >= 15 is 0 Å². The number of likely N-dealkylation sites (tertiary alicyclic amines) is 1. The zero-order chi connectivity index (χ0) is 21.0. The second kappa shape index (κ2) is 9.73. The van der Waals surface area contributed by atoms with E-state index in [1.54, 1.807) is 36.0 Å². The molecule has 1 atom stereocenters. The van der Waals surface area contributed by atoms with Crippen molar-refractivity contribution in [3.05, 3.63) is 71.8 Å². The van der Waals surface area contributed by atoms with Crippen LogP contribution in [0.1, 0.15) is 19.3 Å². The third-order valence-corrected chi connectivity index (χ3v) is 8.86. The van der Waals surface area contributed by atoms with Crippen LogP contribution in [0.2, 0.25) is 5.02 Å². The summed E-state index contributed by atoms with van der Waals surface area (Å²) in [6, 6.07) is 21.3. The smallest absolute Gasteiger partial charge is 0.179 e. The number of fused-ring (bicyclic) bond motifs is 1. The van der Waals surface area contributed by atoms with Crippen molar-refractivity contribution in [3.8, 4) is 0 Å². The number of sulfone groups is 1. The first kappa shape index (κ1) is 21.7. The van der Waals surface area contributed by atoms with Gasteiger partial charge in [0.15, 0.2) is 9.84 Å². The summed E-state index contributed by atoms with van der Waals surface area (Å²) in [6.45, 7) is 1.94. The summed E-state index contributed by atoms with van der Waals surface area (Å²) < 4.78 is 26.2. The Hall–Kier alpha value is -1.53. The van der Waals surface area contributed by atoms with E-state index in [4.69, 9.17) is 11.6 Å². The van der Waals surface area contributed by atoms with Crippen LogP contribution in [0.3, 0.4) is 0 Å². The molecule has 0 N–H and O–H groups in total. The van der Waals surface area contributed by atoms with E-state index in [1.807, 2.05) is 12.1 Å². The van der Waals surface area contributed by atoms with E-state index in [2.05, 4.69) is 35.2 Å². The molecule has 6 heteroatoms. The minimum absolute atomic E-state index is 0.0116. The highest BCUT2D eigenvalue weighted by Gasteiger charge is 2.27. The van der Waals surface area contributed by atoms with Crippen molar-refractivity contribution >= 4 is 44.0 Å². The molecule has 1 heterocycles. The summed E-state index contributed by atoms with van der Waals surface area (Å²) in [7, 11) is -3.38. The van der Waals surface area contributed by atoms with Gasteiger partial charge in [-0.2, -0.15) is 0 Å². The maximum atomic E-state index is 13.1. The quantitative estimate of drug-likeness (QED) is 0.411. The summed E-state index contributed by atoms with van der Waals surface area (Å²) in [5.41, 5.74) is 0. The Labute approximate surface area is 188 Å². The molecule has 1 saturated heterocycles. The first-order chi connectivity index (χ1) is 14.5. The fourth-order valence-electron chi connectivity index (χ4n) is 3.98. The lowest BCUT2D eigenvalue weighted by Gasteiger charge is -2.34. The predicted octanol–water partition coefficient (Wildman–Crippen LogP) is 5.91. The molecule has 3 nitrogen and oxygen atoms in total. The Balaban J connectivity index is 1.52. The Kier molecular flexibility index (Phi) is 7.04. The number of hydrogen-bond acceptors (Lipinski definition) is 4. The maximum Gasteiger partial charge on any atom is 0.179 e. The second-order valence-corrected chi connectivity index (χ2v) is 11.4. The number of halogens is 1. The summed E-state index contributed by atoms with van der Waals surface area (Å²) in [4.78, 5) is 3.90. The minimum atomic E-state index is -3.38. The summed E-state index contributed by atoms with van der Waals surface area (Å²) in [5.74, 6) is 0.889. The molecule has 1 aliphatic heterocycles. The fraction of sp³-hybridized carbons (Fsp3) is 0.333. The van der Waals surface area contributed by atoms with Crippen LogP contribution in [0, 0.1) is 0 Å². The summed E-state index contributed by atoms with van der Waals surface area (Å²) >= 11 is 7.69. The van der Waals surface area contributed by atoms with Gasteiger partial charge in [0, 0.05) is 21.7 Å². The number of nitrogens with zero attached hydrogens (tertiary/aromatic N) is 1. The van der Waals surface area contributed by atoms with Crippen molar-refractivity contribution in [1.82, 2.24) is 4.90 Å². The van der Waals surface area contributed by atoms with Gasteiger partial charge in [-0.3, -0.25) is 4.90 Å². The first-order valence-electron chi connectivity index (χ1n) is 10.4. The van der Waals surface area contributed by atoms with Gasteiger partial charge in [0.05, 0.1) is 10.6 Å². The lowest BCUT2D eigenvalue weighted by atomic mass is 10.1. The van der Waals surface area contributed by atoms with Gasteiger partial charge in [0.1, 0.15) is 0 Å². The molecular formula is C24H26ClNO2S2. The summed E-state index contributed by atoms with van der Waals surface area (Å²) in [6.07, 6.45) is 3.50. The van der Waals surface area contributed by atoms with Gasteiger partial charge in [0.25, 0.3) is 0 Å². The number of piperidine rings is 1. The molecule has 3 aromatic carbocycles. The van der Waals surface area contributed by atoms with Crippen LogP contribution >= 0.6 is 23.4 Å². The third kappa shape index (κ3) is 5.38. The zero-order valence-electron chi connectivity index (χ0n) is 16.8. The van der Waals surface area contributed by atoms with Gasteiger partial charge >= 0.3 is 0 Å². The van der Waals surface area contributed by atoms with Crippen molar-refractivity contribution in [3.63, 3.8) is 0 Å². The zero-order valence-corrected chi connectivity index (χ0v) is 19.2. The van der Waals surface area contributed by atoms with Crippen LogP contribution in [0.5, 0.6) is 0 Å². The Morgan fingerprint density at radius 2 is 1.60 bits per heavy atom. The van der Waals surface area contributed by atoms with Gasteiger partial charge < -0.3 is 0 Å². The van der Waals surface area contributed by atoms with Gasteiger partial charge in [-0.15, -0.1) is 11.8 Å². The average molecular weight is 460 g/mol. The van der Waals surface area contributed by atoms with E-state index in [0.29, 0.717) is 9.92 Å². The highest BCUT2D eigenvalue weighted by Crippen LogP contribution is 2.27. The highest BCUT2D eigenvalue weighted by atomic mass is 35.5. The number of rotatable bonds is 7. The molecule has 4 rings (SSSR count). The fourth-order valence-corrected chi connectivity index (χ4v) is 6.93. The molecule has 0 spiro atoms. The van der Waals surface area contributed by atoms with E-state index in [0.717, 1.165) is 31.7 Å². The molecule has 1 fully saturated rings. The summed E-state index contributed by atoms with van der Waals surface area (Å²) in [5, 5.41) is 2.99. The molecule has 0 amide bonds. The van der Waals surface area contributed by atoms with Gasteiger partial charge in [0.2, 0.25) is 0 Å². The average Bonchev–Trinajstić information content (AvgIpc) is 2.77. The Bertz CT molecular complexity index is 1090. The van der Waals surface area contributed by atoms with E-state index < -0.39 is 9.84 Å². The molecule has 0 aromatic heterocycles. The number of thioether (sulfide) groups is 1. The normalized spacial score (nSPS) is 16.6. The van der Waals surface area contributed by atoms with Crippen LogP contribution in [0.15, 0.2) is 76.5 Å². The van der Waals surface area contributed by atoms with E-state index in [1.165, 1.54) is 22.1 Å². The predicted molar refractivity (Wildman–Crippen MR) is 127 cm³/mol. The van der Waals surface area contributed by atoms with Crippen molar-refractivity contribution in [2.24, 2.45) is 0 Å². The molecular weight excluding hydrogens is 434 g/mol. The lowest BCUT2D eigenvalue weighted by molar-refractivity contribution is 0.189. The van der Waals surface area contributed by atoms with Gasteiger partial charge in [-0.05, 0) is 73.1 Å². The standard InChI is InChI=1S/C24H26ClNO2S2/c25-21-9-12-24(13-10-21)30(27,28)18-22(26-14-4-1-5-15-26)17-29-23-11-8-19-6-2-3-7-20(19)16-23/h2-3,6-13,16,22H,1,4-5,14-15,17-18H2. The molecule has 158 valence electrons. The van der Waals surface area contributed by atoms with Crippen molar-refractivity contribution < 1.29 is 8.42 Å². The molecule has 30 heavy (non-hydrogen) atoms. The Morgan fingerprint density at radius 1 is 0.900 bits per heavy atom. The largest absolute Gasteiger partial charge is 0.299 e. The Morgan fingerprint density at radius 3 is 2.33 bits per heavy atom. The van der Waals surface area contributed by atoms with Gasteiger partial charge in [-0.25, -0.2) is 8.42 Å². The third-order valence-electron chi connectivity index (χ3n) is 5.65. The first-order valence-corrected chi connectivity index (χ1v) is 13.4. The lowest BCUT2D eigenvalue weighted by Crippen LogP contribution is -2.44. The van der Waals surface area contributed by atoms with Gasteiger partial charge in [-0.1, -0.05) is 48.4 Å². The molecule has 3 aromatic rings. The van der Waals surface area contributed by atoms with E-state index in [-0.39, 0.29) is 11.8 Å². The molecule has 0 radical (unpaired) electrons. The SMILES string of the molecule is O=S(=O)(CC(CSc1ccc2ccccc2c1)N1CCCCC1)c1ccc(Cl)cc1. The van der Waals surface area contributed by atoms with Crippen molar-refractivity contribution in [2.45, 2.75) is 35.1 Å². The number of hydrogen-bond donors (Lipinski definition) is 0. The molecule has 0 bridgehead atoms. The molecule has 1 aliphatic rings.